The zero-order valence-electron chi connectivity index (χ0n) is 9.61. The van der Waals surface area contributed by atoms with Gasteiger partial charge in [0, 0.05) is 6.08 Å². The van der Waals surface area contributed by atoms with Crippen molar-refractivity contribution >= 4 is 12.0 Å². The Morgan fingerprint density at radius 3 is 2.39 bits per heavy atom. The monoisotopic (exact) mass is 240 g/mol. The summed E-state index contributed by atoms with van der Waals surface area (Å²) in [6, 6.07) is 15.8. The maximum absolute atomic E-state index is 11.5. The fourth-order valence-electron chi connectivity index (χ4n) is 1.41. The molecule has 0 saturated heterocycles. The standard InChI is InChI=1S/C15H12O3/c16-13-8-4-5-9-14(13)18-15(17)11-10-12-6-2-1-3-7-12/h1-11,16H. The molecule has 0 aliphatic carbocycles. The van der Waals surface area contributed by atoms with Gasteiger partial charge in [0.2, 0.25) is 0 Å². The molecule has 2 rings (SSSR count). The van der Waals surface area contributed by atoms with Gasteiger partial charge in [0.15, 0.2) is 11.5 Å². The van der Waals surface area contributed by atoms with E-state index in [1.54, 1.807) is 18.2 Å². The predicted octanol–water partition coefficient (Wildman–Crippen LogP) is 3.01. The number of phenols is 1. The van der Waals surface area contributed by atoms with E-state index in [2.05, 4.69) is 0 Å². The van der Waals surface area contributed by atoms with Crippen molar-refractivity contribution < 1.29 is 14.6 Å². The van der Waals surface area contributed by atoms with Crippen molar-refractivity contribution in [3.05, 3.63) is 66.2 Å². The Labute approximate surface area is 105 Å². The predicted molar refractivity (Wildman–Crippen MR) is 69.2 cm³/mol. The van der Waals surface area contributed by atoms with Crippen LogP contribution in [0.4, 0.5) is 0 Å². The molecular formula is C15H12O3. The largest absolute Gasteiger partial charge is 0.504 e. The quantitative estimate of drug-likeness (QED) is 0.509. The second-order valence-corrected chi connectivity index (χ2v) is 3.63. The van der Waals surface area contributed by atoms with Crippen LogP contribution in [-0.4, -0.2) is 11.1 Å². The lowest BCUT2D eigenvalue weighted by atomic mass is 10.2. The maximum Gasteiger partial charge on any atom is 0.336 e. The normalized spacial score (nSPS) is 10.4. The van der Waals surface area contributed by atoms with Gasteiger partial charge in [-0.15, -0.1) is 0 Å². The van der Waals surface area contributed by atoms with Crippen LogP contribution in [0.5, 0.6) is 11.5 Å². The van der Waals surface area contributed by atoms with Crippen LogP contribution in [0.3, 0.4) is 0 Å². The minimum Gasteiger partial charge on any atom is -0.504 e. The molecule has 0 fully saturated rings. The lowest BCUT2D eigenvalue weighted by Crippen LogP contribution is -2.03. The van der Waals surface area contributed by atoms with Gasteiger partial charge < -0.3 is 9.84 Å². The van der Waals surface area contributed by atoms with E-state index in [9.17, 15) is 9.90 Å². The Bertz CT molecular complexity index is 559. The molecular weight excluding hydrogens is 228 g/mol. The number of ether oxygens (including phenoxy) is 1. The fraction of sp³-hybridized carbons (Fsp3) is 0. The lowest BCUT2D eigenvalue weighted by Gasteiger charge is -2.02. The number of hydrogen-bond acceptors (Lipinski definition) is 3. The van der Waals surface area contributed by atoms with Crippen molar-refractivity contribution in [2.24, 2.45) is 0 Å². The highest BCUT2D eigenvalue weighted by molar-refractivity contribution is 5.89. The molecule has 0 atom stereocenters. The molecule has 18 heavy (non-hydrogen) atoms. The first-order valence-corrected chi connectivity index (χ1v) is 5.48. The zero-order valence-corrected chi connectivity index (χ0v) is 9.61. The summed E-state index contributed by atoms with van der Waals surface area (Å²) >= 11 is 0. The summed E-state index contributed by atoms with van der Waals surface area (Å²) in [6.07, 6.45) is 2.98. The summed E-state index contributed by atoms with van der Waals surface area (Å²) in [5, 5.41) is 9.44. The molecule has 3 nitrogen and oxygen atoms in total. The number of carbonyl (C=O) groups excluding carboxylic acids is 1. The molecule has 0 bridgehead atoms. The SMILES string of the molecule is O=C(C=Cc1ccccc1)Oc1ccccc1O. The van der Waals surface area contributed by atoms with E-state index in [-0.39, 0.29) is 11.5 Å². The number of hydrogen-bond donors (Lipinski definition) is 1. The van der Waals surface area contributed by atoms with Crippen molar-refractivity contribution in [2.75, 3.05) is 0 Å². The molecule has 1 N–H and O–H groups in total. The number of rotatable bonds is 3. The Kier molecular flexibility index (Phi) is 3.76. The van der Waals surface area contributed by atoms with Crippen LogP contribution in [0.2, 0.25) is 0 Å². The van der Waals surface area contributed by atoms with Crippen LogP contribution in [0.1, 0.15) is 5.56 Å². The van der Waals surface area contributed by atoms with E-state index >= 15 is 0 Å². The molecule has 2 aromatic rings. The summed E-state index contributed by atoms with van der Waals surface area (Å²) in [5.74, 6) is -0.431. The first-order valence-electron chi connectivity index (χ1n) is 5.48. The van der Waals surface area contributed by atoms with Gasteiger partial charge >= 0.3 is 5.97 Å². The van der Waals surface area contributed by atoms with Gasteiger partial charge in [-0.1, -0.05) is 42.5 Å². The molecule has 2 aromatic carbocycles. The fourth-order valence-corrected chi connectivity index (χ4v) is 1.41. The van der Waals surface area contributed by atoms with Crippen LogP contribution in [0.15, 0.2) is 60.7 Å². The molecule has 0 amide bonds. The molecule has 0 unspecified atom stereocenters. The number of esters is 1. The van der Waals surface area contributed by atoms with Crippen LogP contribution in [-0.2, 0) is 4.79 Å². The minimum atomic E-state index is -0.527. The van der Waals surface area contributed by atoms with E-state index in [1.807, 2.05) is 30.3 Å². The van der Waals surface area contributed by atoms with Gasteiger partial charge in [-0.05, 0) is 23.8 Å². The van der Waals surface area contributed by atoms with Crippen LogP contribution < -0.4 is 4.74 Å². The number of benzene rings is 2. The second kappa shape index (κ2) is 5.68. The Morgan fingerprint density at radius 1 is 1.00 bits per heavy atom. The summed E-state index contributed by atoms with van der Waals surface area (Å²) < 4.78 is 4.99. The van der Waals surface area contributed by atoms with Crippen LogP contribution in [0, 0.1) is 0 Å². The highest BCUT2D eigenvalue weighted by Crippen LogP contribution is 2.24. The smallest absolute Gasteiger partial charge is 0.336 e. The van der Waals surface area contributed by atoms with E-state index < -0.39 is 5.97 Å². The van der Waals surface area contributed by atoms with Gasteiger partial charge in [0.25, 0.3) is 0 Å². The molecule has 0 radical (unpaired) electrons. The second-order valence-electron chi connectivity index (χ2n) is 3.63. The van der Waals surface area contributed by atoms with Crippen molar-refractivity contribution in [3.8, 4) is 11.5 Å². The Hall–Kier alpha value is -2.55. The van der Waals surface area contributed by atoms with Crippen molar-refractivity contribution in [1.29, 1.82) is 0 Å². The molecule has 0 spiro atoms. The van der Waals surface area contributed by atoms with Gasteiger partial charge in [-0.3, -0.25) is 0 Å². The molecule has 0 heterocycles. The summed E-state index contributed by atoms with van der Waals surface area (Å²) in [7, 11) is 0. The van der Waals surface area contributed by atoms with E-state index in [0.29, 0.717) is 0 Å². The third-order valence-electron chi connectivity index (χ3n) is 2.29. The van der Waals surface area contributed by atoms with Crippen molar-refractivity contribution in [2.45, 2.75) is 0 Å². The van der Waals surface area contributed by atoms with E-state index in [0.717, 1.165) is 5.56 Å². The van der Waals surface area contributed by atoms with Crippen LogP contribution in [0.25, 0.3) is 6.08 Å². The summed E-state index contributed by atoms with van der Waals surface area (Å²) in [4.78, 5) is 11.5. The maximum atomic E-state index is 11.5. The van der Waals surface area contributed by atoms with Crippen LogP contribution >= 0.6 is 0 Å². The van der Waals surface area contributed by atoms with Gasteiger partial charge in [-0.25, -0.2) is 4.79 Å². The van der Waals surface area contributed by atoms with Gasteiger partial charge in [-0.2, -0.15) is 0 Å². The lowest BCUT2D eigenvalue weighted by molar-refractivity contribution is -0.129. The van der Waals surface area contributed by atoms with E-state index in [1.165, 1.54) is 18.2 Å². The van der Waals surface area contributed by atoms with E-state index in [4.69, 9.17) is 4.74 Å². The van der Waals surface area contributed by atoms with Gasteiger partial charge in [0.05, 0.1) is 0 Å². The van der Waals surface area contributed by atoms with Crippen molar-refractivity contribution in [3.63, 3.8) is 0 Å². The summed E-state index contributed by atoms with van der Waals surface area (Å²) in [5.41, 5.74) is 0.909. The zero-order chi connectivity index (χ0) is 12.8. The number of carbonyl (C=O) groups is 1. The summed E-state index contributed by atoms with van der Waals surface area (Å²) in [6.45, 7) is 0. The highest BCUT2D eigenvalue weighted by atomic mass is 16.5. The first kappa shape index (κ1) is 11.9. The average Bonchev–Trinajstić information content (AvgIpc) is 2.40. The molecule has 0 aromatic heterocycles. The molecule has 90 valence electrons. The molecule has 0 saturated carbocycles. The highest BCUT2D eigenvalue weighted by Gasteiger charge is 2.04. The minimum absolute atomic E-state index is 0.0565. The number of phenolic OH excluding ortho intramolecular Hbond substituents is 1. The molecule has 0 aliphatic rings. The van der Waals surface area contributed by atoms with Crippen molar-refractivity contribution in [1.82, 2.24) is 0 Å². The average molecular weight is 240 g/mol. The molecule has 0 aliphatic heterocycles. The van der Waals surface area contributed by atoms with Gasteiger partial charge in [0.1, 0.15) is 0 Å². The Morgan fingerprint density at radius 2 is 1.67 bits per heavy atom. The third kappa shape index (κ3) is 3.22. The number of aromatic hydroxyl groups is 1. The topological polar surface area (TPSA) is 46.5 Å². The number of para-hydroxylation sites is 2. The third-order valence-corrected chi connectivity index (χ3v) is 2.29. The molecule has 3 heteroatoms. The Balaban J connectivity index is 2.02. The first-order chi connectivity index (χ1) is 8.75.